The van der Waals surface area contributed by atoms with E-state index in [4.69, 9.17) is 4.74 Å². The van der Waals surface area contributed by atoms with Crippen LogP contribution in [-0.4, -0.2) is 23.7 Å². The highest BCUT2D eigenvalue weighted by Crippen LogP contribution is 2.26. The molecular formula is C18H18BrN3O4. The van der Waals surface area contributed by atoms with E-state index in [-0.39, 0.29) is 11.3 Å². The topological polar surface area (TPSA) is 93.8 Å². The molecule has 0 aliphatic carbocycles. The minimum absolute atomic E-state index is 0.150. The SMILES string of the molecule is CC(C)COc1ccc(/C=N\NC(=O)c2cccc([N+](=O)[O-])c2)cc1Br. The quantitative estimate of drug-likeness (QED) is 0.414. The molecule has 2 aromatic rings. The van der Waals surface area contributed by atoms with Gasteiger partial charge in [0.25, 0.3) is 11.6 Å². The molecule has 2 rings (SSSR count). The summed E-state index contributed by atoms with van der Waals surface area (Å²) < 4.78 is 6.45. The molecule has 0 radical (unpaired) electrons. The normalized spacial score (nSPS) is 10.9. The van der Waals surface area contributed by atoms with E-state index in [1.165, 1.54) is 30.5 Å². The maximum absolute atomic E-state index is 12.0. The minimum Gasteiger partial charge on any atom is -0.492 e. The monoisotopic (exact) mass is 419 g/mol. The van der Waals surface area contributed by atoms with Crippen LogP contribution in [0.2, 0.25) is 0 Å². The predicted octanol–water partition coefficient (Wildman–Crippen LogP) is 4.16. The minimum atomic E-state index is -0.555. The summed E-state index contributed by atoms with van der Waals surface area (Å²) in [6.45, 7) is 4.75. The van der Waals surface area contributed by atoms with E-state index in [9.17, 15) is 14.9 Å². The van der Waals surface area contributed by atoms with Crippen molar-refractivity contribution in [1.82, 2.24) is 5.43 Å². The maximum Gasteiger partial charge on any atom is 0.271 e. The largest absolute Gasteiger partial charge is 0.492 e. The molecule has 1 amide bonds. The van der Waals surface area contributed by atoms with E-state index < -0.39 is 10.8 Å². The number of benzene rings is 2. The van der Waals surface area contributed by atoms with E-state index in [2.05, 4.69) is 40.3 Å². The standard InChI is InChI=1S/C18H18BrN3O4/c1-12(2)11-26-17-7-6-13(8-16(17)19)10-20-21-18(23)14-4-3-5-15(9-14)22(24)25/h3-10,12H,11H2,1-2H3,(H,21,23)/b20-10-. The van der Waals surface area contributed by atoms with Gasteiger partial charge in [-0.05, 0) is 51.7 Å². The molecule has 2 aromatic carbocycles. The van der Waals surface area contributed by atoms with Gasteiger partial charge in [0.1, 0.15) is 5.75 Å². The van der Waals surface area contributed by atoms with Crippen molar-refractivity contribution < 1.29 is 14.5 Å². The lowest BCUT2D eigenvalue weighted by Crippen LogP contribution is -2.17. The summed E-state index contributed by atoms with van der Waals surface area (Å²) in [5, 5.41) is 14.6. The summed E-state index contributed by atoms with van der Waals surface area (Å²) in [4.78, 5) is 22.2. The first-order valence-corrected chi connectivity index (χ1v) is 8.66. The van der Waals surface area contributed by atoms with E-state index in [1.807, 2.05) is 18.2 Å². The van der Waals surface area contributed by atoms with Gasteiger partial charge in [-0.2, -0.15) is 5.10 Å². The van der Waals surface area contributed by atoms with Crippen LogP contribution in [0.5, 0.6) is 5.75 Å². The Bertz CT molecular complexity index is 837. The predicted molar refractivity (Wildman–Crippen MR) is 103 cm³/mol. The number of nitro benzene ring substituents is 1. The van der Waals surface area contributed by atoms with Crippen molar-refractivity contribution in [1.29, 1.82) is 0 Å². The zero-order valence-corrected chi connectivity index (χ0v) is 15.9. The molecule has 0 atom stereocenters. The number of hydrazone groups is 1. The Labute approximate surface area is 159 Å². The van der Waals surface area contributed by atoms with Crippen molar-refractivity contribution in [3.63, 3.8) is 0 Å². The number of nitrogens with zero attached hydrogens (tertiary/aromatic N) is 2. The van der Waals surface area contributed by atoms with Crippen LogP contribution in [0.15, 0.2) is 52.0 Å². The molecule has 0 unspecified atom stereocenters. The highest BCUT2D eigenvalue weighted by molar-refractivity contribution is 9.10. The molecule has 1 N–H and O–H groups in total. The molecular weight excluding hydrogens is 402 g/mol. The Morgan fingerprint density at radius 1 is 1.35 bits per heavy atom. The van der Waals surface area contributed by atoms with Crippen molar-refractivity contribution in [3.05, 3.63) is 68.2 Å². The number of non-ortho nitro benzene ring substituents is 1. The Hall–Kier alpha value is -2.74. The zero-order valence-electron chi connectivity index (χ0n) is 14.3. The van der Waals surface area contributed by atoms with Crippen LogP contribution in [0.1, 0.15) is 29.8 Å². The third kappa shape index (κ3) is 5.66. The number of halogens is 1. The summed E-state index contributed by atoms with van der Waals surface area (Å²) in [5.74, 6) is 0.629. The number of hydrogen-bond donors (Lipinski definition) is 1. The fraction of sp³-hybridized carbons (Fsp3) is 0.222. The average molecular weight is 420 g/mol. The van der Waals surface area contributed by atoms with Crippen LogP contribution in [0, 0.1) is 16.0 Å². The molecule has 0 heterocycles. The van der Waals surface area contributed by atoms with Gasteiger partial charge in [0.05, 0.1) is 22.2 Å². The molecule has 7 nitrogen and oxygen atoms in total. The number of nitro groups is 1. The number of amides is 1. The van der Waals surface area contributed by atoms with Gasteiger partial charge in [0.2, 0.25) is 0 Å². The average Bonchev–Trinajstić information content (AvgIpc) is 2.60. The van der Waals surface area contributed by atoms with Crippen molar-refractivity contribution in [2.24, 2.45) is 11.0 Å². The molecule has 0 bridgehead atoms. The highest BCUT2D eigenvalue weighted by Gasteiger charge is 2.10. The van der Waals surface area contributed by atoms with Gasteiger partial charge in [-0.15, -0.1) is 0 Å². The Morgan fingerprint density at radius 2 is 2.12 bits per heavy atom. The molecule has 26 heavy (non-hydrogen) atoms. The third-order valence-corrected chi connectivity index (χ3v) is 3.85. The number of rotatable bonds is 7. The molecule has 0 aliphatic rings. The lowest BCUT2D eigenvalue weighted by molar-refractivity contribution is -0.384. The number of ether oxygens (including phenoxy) is 1. The highest BCUT2D eigenvalue weighted by atomic mass is 79.9. The Balaban J connectivity index is 1.99. The number of carbonyl (C=O) groups is 1. The van der Waals surface area contributed by atoms with Crippen LogP contribution in [0.25, 0.3) is 0 Å². The summed E-state index contributed by atoms with van der Waals surface area (Å²) in [5.41, 5.74) is 3.12. The molecule has 8 heteroatoms. The molecule has 136 valence electrons. The van der Waals surface area contributed by atoms with Crippen LogP contribution in [-0.2, 0) is 0 Å². The van der Waals surface area contributed by atoms with Gasteiger partial charge < -0.3 is 4.74 Å². The number of hydrogen-bond acceptors (Lipinski definition) is 5. The van der Waals surface area contributed by atoms with Crippen LogP contribution in [0.3, 0.4) is 0 Å². The van der Waals surface area contributed by atoms with Crippen LogP contribution in [0.4, 0.5) is 5.69 Å². The van der Waals surface area contributed by atoms with Crippen LogP contribution >= 0.6 is 15.9 Å². The Kier molecular flexibility index (Phi) is 6.85. The van der Waals surface area contributed by atoms with Crippen molar-refractivity contribution in [3.8, 4) is 5.75 Å². The second kappa shape index (κ2) is 9.10. The third-order valence-electron chi connectivity index (χ3n) is 3.23. The number of nitrogens with one attached hydrogen (secondary N) is 1. The van der Waals surface area contributed by atoms with E-state index in [0.29, 0.717) is 12.5 Å². The maximum atomic E-state index is 12.0. The van der Waals surface area contributed by atoms with Crippen LogP contribution < -0.4 is 10.2 Å². The number of carbonyl (C=O) groups excluding carboxylic acids is 1. The smallest absolute Gasteiger partial charge is 0.271 e. The fourth-order valence-corrected chi connectivity index (χ4v) is 2.47. The van der Waals surface area contributed by atoms with Crippen molar-refractivity contribution in [2.45, 2.75) is 13.8 Å². The molecule has 0 spiro atoms. The lowest BCUT2D eigenvalue weighted by Gasteiger charge is -2.10. The van der Waals surface area contributed by atoms with Crippen molar-refractivity contribution >= 4 is 33.7 Å². The van der Waals surface area contributed by atoms with Gasteiger partial charge >= 0.3 is 0 Å². The summed E-state index contributed by atoms with van der Waals surface area (Å²) in [6, 6.07) is 10.9. The summed E-state index contributed by atoms with van der Waals surface area (Å²) in [7, 11) is 0. The first kappa shape index (κ1) is 19.6. The lowest BCUT2D eigenvalue weighted by atomic mass is 10.2. The first-order chi connectivity index (χ1) is 12.4. The molecule has 0 aliphatic heterocycles. The first-order valence-electron chi connectivity index (χ1n) is 7.87. The van der Waals surface area contributed by atoms with Gasteiger partial charge in [-0.1, -0.05) is 19.9 Å². The summed E-state index contributed by atoms with van der Waals surface area (Å²) in [6.07, 6.45) is 1.48. The van der Waals surface area contributed by atoms with Gasteiger partial charge in [0.15, 0.2) is 0 Å². The fourth-order valence-electron chi connectivity index (χ4n) is 1.96. The second-order valence-corrected chi connectivity index (χ2v) is 6.76. The van der Waals surface area contributed by atoms with E-state index in [0.717, 1.165) is 15.8 Å². The molecule has 0 saturated carbocycles. The second-order valence-electron chi connectivity index (χ2n) is 5.90. The summed E-state index contributed by atoms with van der Waals surface area (Å²) >= 11 is 3.44. The van der Waals surface area contributed by atoms with Gasteiger partial charge in [-0.25, -0.2) is 5.43 Å². The Morgan fingerprint density at radius 3 is 2.77 bits per heavy atom. The molecule has 0 aromatic heterocycles. The molecule has 0 saturated heterocycles. The van der Waals surface area contributed by atoms with E-state index >= 15 is 0 Å². The zero-order chi connectivity index (χ0) is 19.1. The van der Waals surface area contributed by atoms with E-state index in [1.54, 1.807) is 0 Å². The van der Waals surface area contributed by atoms with Crippen molar-refractivity contribution in [2.75, 3.05) is 6.61 Å². The van der Waals surface area contributed by atoms with Gasteiger partial charge in [0, 0.05) is 17.7 Å². The molecule has 0 fully saturated rings. The van der Waals surface area contributed by atoms with Gasteiger partial charge in [-0.3, -0.25) is 14.9 Å².